The van der Waals surface area contributed by atoms with Gasteiger partial charge in [0.15, 0.2) is 0 Å². The fourth-order valence-corrected chi connectivity index (χ4v) is 5.06. The zero-order chi connectivity index (χ0) is 19.4. The van der Waals surface area contributed by atoms with Crippen LogP contribution in [0.3, 0.4) is 0 Å². The van der Waals surface area contributed by atoms with E-state index >= 15 is 0 Å². The van der Waals surface area contributed by atoms with Crippen molar-refractivity contribution in [1.29, 1.82) is 0 Å². The highest BCUT2D eigenvalue weighted by atomic mass is 32.2. The Bertz CT molecular complexity index is 927. The quantitative estimate of drug-likeness (QED) is 0.824. The molecule has 0 radical (unpaired) electrons. The van der Waals surface area contributed by atoms with Crippen LogP contribution in [0.2, 0.25) is 0 Å². The van der Waals surface area contributed by atoms with E-state index in [2.05, 4.69) is 5.32 Å². The van der Waals surface area contributed by atoms with E-state index in [1.54, 1.807) is 36.4 Å². The summed E-state index contributed by atoms with van der Waals surface area (Å²) in [5, 5.41) is 11.9. The van der Waals surface area contributed by atoms with Crippen LogP contribution >= 0.6 is 0 Å². The van der Waals surface area contributed by atoms with Gasteiger partial charge in [0.2, 0.25) is 10.0 Å². The molecule has 1 unspecified atom stereocenters. The molecule has 2 N–H and O–H groups in total. The van der Waals surface area contributed by atoms with Gasteiger partial charge in [-0.2, -0.15) is 4.31 Å². The zero-order valence-corrected chi connectivity index (χ0v) is 16.1. The van der Waals surface area contributed by atoms with Gasteiger partial charge in [0, 0.05) is 23.8 Å². The highest BCUT2D eigenvalue weighted by Crippen LogP contribution is 2.25. The average Bonchev–Trinajstić information content (AvgIpc) is 2.68. The fourth-order valence-electron chi connectivity index (χ4n) is 3.31. The molecule has 1 amide bonds. The molecule has 0 aromatic heterocycles. The van der Waals surface area contributed by atoms with Crippen molar-refractivity contribution in [2.24, 2.45) is 0 Å². The number of aliphatic hydroxyl groups excluding tert-OH is 1. The summed E-state index contributed by atoms with van der Waals surface area (Å²) in [6, 6.07) is 13.0. The maximum atomic E-state index is 13.0. The Balaban J connectivity index is 1.83. The van der Waals surface area contributed by atoms with Crippen LogP contribution in [0.5, 0.6) is 0 Å². The molecule has 1 aliphatic heterocycles. The summed E-state index contributed by atoms with van der Waals surface area (Å²) >= 11 is 0. The predicted octanol–water partition coefficient (Wildman–Crippen LogP) is 2.99. The molecule has 1 atom stereocenters. The topological polar surface area (TPSA) is 86.7 Å². The van der Waals surface area contributed by atoms with Crippen LogP contribution in [0.25, 0.3) is 0 Å². The second kappa shape index (κ2) is 8.21. The van der Waals surface area contributed by atoms with Crippen molar-refractivity contribution in [3.63, 3.8) is 0 Å². The van der Waals surface area contributed by atoms with Crippen LogP contribution < -0.4 is 5.32 Å². The summed E-state index contributed by atoms with van der Waals surface area (Å²) in [5.41, 5.74) is 1.50. The second-order valence-electron chi connectivity index (χ2n) is 6.80. The molecule has 1 aliphatic rings. The third-order valence-electron chi connectivity index (χ3n) is 4.81. The second-order valence-corrected chi connectivity index (χ2v) is 8.69. The van der Waals surface area contributed by atoms with Gasteiger partial charge in [-0.15, -0.1) is 0 Å². The zero-order valence-electron chi connectivity index (χ0n) is 15.3. The Hall–Kier alpha value is -2.22. The van der Waals surface area contributed by atoms with Crippen LogP contribution in [0.4, 0.5) is 5.69 Å². The molecule has 6 nitrogen and oxygen atoms in total. The number of amides is 1. The Morgan fingerprint density at radius 2 is 1.96 bits per heavy atom. The van der Waals surface area contributed by atoms with Crippen molar-refractivity contribution >= 4 is 21.6 Å². The maximum absolute atomic E-state index is 13.0. The number of hydrogen-bond acceptors (Lipinski definition) is 4. The number of carbonyl (C=O) groups is 1. The Morgan fingerprint density at radius 3 is 2.70 bits per heavy atom. The van der Waals surface area contributed by atoms with Gasteiger partial charge in [0.05, 0.1) is 11.5 Å². The SMILES string of the molecule is CC1CCCCN1S(=O)(=O)c1cccc(C(=O)Nc2cccc(CO)c2)c1. The number of sulfonamides is 1. The van der Waals surface area contributed by atoms with Crippen molar-refractivity contribution in [3.05, 3.63) is 59.7 Å². The maximum Gasteiger partial charge on any atom is 0.255 e. The molecular formula is C20H24N2O4S. The smallest absolute Gasteiger partial charge is 0.255 e. The molecule has 0 saturated carbocycles. The molecule has 27 heavy (non-hydrogen) atoms. The largest absolute Gasteiger partial charge is 0.392 e. The first kappa shape index (κ1) is 19.5. The number of nitrogens with one attached hydrogen (secondary N) is 1. The number of rotatable bonds is 5. The number of hydrogen-bond donors (Lipinski definition) is 2. The molecule has 2 aromatic carbocycles. The Labute approximate surface area is 159 Å². The van der Waals surface area contributed by atoms with Crippen LogP contribution in [0.1, 0.15) is 42.1 Å². The van der Waals surface area contributed by atoms with Crippen molar-refractivity contribution in [1.82, 2.24) is 4.31 Å². The van der Waals surface area contributed by atoms with Crippen LogP contribution in [0.15, 0.2) is 53.4 Å². The van der Waals surface area contributed by atoms with Gasteiger partial charge in [0.25, 0.3) is 5.91 Å². The summed E-state index contributed by atoms with van der Waals surface area (Å²) in [6.07, 6.45) is 2.73. The van der Waals surface area contributed by atoms with Gasteiger partial charge in [0.1, 0.15) is 0 Å². The van der Waals surface area contributed by atoms with E-state index in [1.165, 1.54) is 16.4 Å². The summed E-state index contributed by atoms with van der Waals surface area (Å²) in [5.74, 6) is -0.395. The molecule has 1 heterocycles. The highest BCUT2D eigenvalue weighted by molar-refractivity contribution is 7.89. The third kappa shape index (κ3) is 4.37. The standard InChI is InChI=1S/C20H24N2O4S/c1-15-6-2-3-11-22(15)27(25,26)19-10-5-8-17(13-19)20(24)21-18-9-4-7-16(12-18)14-23/h4-5,7-10,12-13,15,23H,2-3,6,11,14H2,1H3,(H,21,24). The number of nitrogens with zero attached hydrogens (tertiary/aromatic N) is 1. The number of aliphatic hydroxyl groups is 1. The number of anilines is 1. The predicted molar refractivity (Wildman–Crippen MR) is 104 cm³/mol. The lowest BCUT2D eigenvalue weighted by Crippen LogP contribution is -2.41. The molecule has 7 heteroatoms. The van der Waals surface area contributed by atoms with Gasteiger partial charge in [-0.1, -0.05) is 24.6 Å². The van der Waals surface area contributed by atoms with E-state index in [0.29, 0.717) is 17.8 Å². The van der Waals surface area contributed by atoms with Crippen LogP contribution in [-0.4, -0.2) is 36.3 Å². The lowest BCUT2D eigenvalue weighted by atomic mass is 10.1. The third-order valence-corrected chi connectivity index (χ3v) is 6.82. The van der Waals surface area contributed by atoms with Gasteiger partial charge in [-0.25, -0.2) is 8.42 Å². The number of piperidine rings is 1. The number of carbonyl (C=O) groups excluding carboxylic acids is 1. The van der Waals surface area contributed by atoms with E-state index in [4.69, 9.17) is 0 Å². The molecule has 0 aliphatic carbocycles. The van der Waals surface area contributed by atoms with Crippen molar-refractivity contribution < 1.29 is 18.3 Å². The summed E-state index contributed by atoms with van der Waals surface area (Å²) in [4.78, 5) is 12.7. The molecule has 2 aromatic rings. The summed E-state index contributed by atoms with van der Waals surface area (Å²) in [7, 11) is -3.63. The van der Waals surface area contributed by atoms with E-state index in [9.17, 15) is 18.3 Å². The van der Waals surface area contributed by atoms with Gasteiger partial charge in [-0.05, 0) is 55.7 Å². The molecule has 144 valence electrons. The van der Waals surface area contributed by atoms with E-state index < -0.39 is 15.9 Å². The lowest BCUT2D eigenvalue weighted by Gasteiger charge is -2.32. The highest BCUT2D eigenvalue weighted by Gasteiger charge is 2.31. The molecule has 3 rings (SSSR count). The minimum Gasteiger partial charge on any atom is -0.392 e. The van der Waals surface area contributed by atoms with Crippen molar-refractivity contribution in [3.8, 4) is 0 Å². The monoisotopic (exact) mass is 388 g/mol. The Kier molecular flexibility index (Phi) is 5.94. The van der Waals surface area contributed by atoms with E-state index in [-0.39, 0.29) is 23.1 Å². The number of benzene rings is 2. The minimum atomic E-state index is -3.63. The van der Waals surface area contributed by atoms with Gasteiger partial charge >= 0.3 is 0 Å². The molecule has 0 spiro atoms. The first-order valence-corrected chi connectivity index (χ1v) is 10.5. The first-order chi connectivity index (χ1) is 12.9. The van der Waals surface area contributed by atoms with Crippen LogP contribution in [-0.2, 0) is 16.6 Å². The average molecular weight is 388 g/mol. The van der Waals surface area contributed by atoms with E-state index in [0.717, 1.165) is 19.3 Å². The molecule has 1 fully saturated rings. The fraction of sp³-hybridized carbons (Fsp3) is 0.350. The molecular weight excluding hydrogens is 364 g/mol. The first-order valence-electron chi connectivity index (χ1n) is 9.05. The summed E-state index contributed by atoms with van der Waals surface area (Å²) in [6.45, 7) is 2.31. The minimum absolute atomic E-state index is 0.0394. The van der Waals surface area contributed by atoms with Gasteiger partial charge < -0.3 is 10.4 Å². The normalized spacial score (nSPS) is 18.2. The van der Waals surface area contributed by atoms with Crippen LogP contribution in [0, 0.1) is 0 Å². The molecule has 0 bridgehead atoms. The molecule has 1 saturated heterocycles. The van der Waals surface area contributed by atoms with Crippen molar-refractivity contribution in [2.75, 3.05) is 11.9 Å². The van der Waals surface area contributed by atoms with E-state index in [1.807, 2.05) is 6.92 Å². The van der Waals surface area contributed by atoms with Crippen molar-refractivity contribution in [2.45, 2.75) is 43.7 Å². The Morgan fingerprint density at radius 1 is 1.19 bits per heavy atom. The lowest BCUT2D eigenvalue weighted by molar-refractivity contribution is 0.102. The van der Waals surface area contributed by atoms with Gasteiger partial charge in [-0.3, -0.25) is 4.79 Å². The summed E-state index contributed by atoms with van der Waals surface area (Å²) < 4.78 is 27.5.